The fourth-order valence-electron chi connectivity index (χ4n) is 0.882. The van der Waals surface area contributed by atoms with Crippen LogP contribution in [0.5, 0.6) is 0 Å². The molecule has 0 unspecified atom stereocenters. The first kappa shape index (κ1) is 11.7. The quantitative estimate of drug-likeness (QED) is 0.870. The Kier molecular flexibility index (Phi) is 3.42. The number of aliphatic carboxylic acids is 1. The SMILES string of the molecule is O=C(O)C(F)(F)/C=C/c1cccc(Cl)c1. The second-order valence-electron chi connectivity index (χ2n) is 2.82. The molecule has 0 fully saturated rings. The summed E-state index contributed by atoms with van der Waals surface area (Å²) in [6, 6.07) is 6.17. The second-order valence-corrected chi connectivity index (χ2v) is 3.25. The molecule has 0 atom stereocenters. The van der Waals surface area contributed by atoms with Crippen molar-refractivity contribution < 1.29 is 18.7 Å². The Balaban J connectivity index is 2.86. The van der Waals surface area contributed by atoms with Gasteiger partial charge >= 0.3 is 11.9 Å². The standard InChI is InChI=1S/C10H7ClF2O2/c11-8-3-1-2-7(6-8)4-5-10(12,13)9(14)15/h1-6H,(H,14,15)/b5-4+. The minimum atomic E-state index is -3.86. The third-order valence-electron chi connectivity index (χ3n) is 1.62. The average Bonchev–Trinajstić information content (AvgIpc) is 2.15. The number of hydrogen-bond acceptors (Lipinski definition) is 1. The summed E-state index contributed by atoms with van der Waals surface area (Å²) >= 11 is 5.62. The summed E-state index contributed by atoms with van der Waals surface area (Å²) in [5.41, 5.74) is 0.420. The van der Waals surface area contributed by atoms with Crippen LogP contribution in [0, 0.1) is 0 Å². The van der Waals surface area contributed by atoms with Crippen LogP contribution < -0.4 is 0 Å². The largest absolute Gasteiger partial charge is 0.477 e. The van der Waals surface area contributed by atoms with Crippen molar-refractivity contribution >= 4 is 23.6 Å². The van der Waals surface area contributed by atoms with E-state index in [1.54, 1.807) is 18.2 Å². The van der Waals surface area contributed by atoms with Gasteiger partial charge in [0.25, 0.3) is 0 Å². The smallest absolute Gasteiger partial charge is 0.378 e. The fraction of sp³-hybridized carbons (Fsp3) is 0.100. The van der Waals surface area contributed by atoms with Crippen molar-refractivity contribution in [1.82, 2.24) is 0 Å². The van der Waals surface area contributed by atoms with Crippen molar-refractivity contribution in [3.63, 3.8) is 0 Å². The Morgan fingerprint density at radius 2 is 2.13 bits per heavy atom. The van der Waals surface area contributed by atoms with Gasteiger partial charge in [0.15, 0.2) is 0 Å². The van der Waals surface area contributed by atoms with E-state index in [1.165, 1.54) is 6.07 Å². The van der Waals surface area contributed by atoms with Gasteiger partial charge < -0.3 is 5.11 Å². The third kappa shape index (κ3) is 3.32. The van der Waals surface area contributed by atoms with Gasteiger partial charge in [0.05, 0.1) is 0 Å². The minimum absolute atomic E-state index is 0.320. The Morgan fingerprint density at radius 1 is 1.47 bits per heavy atom. The van der Waals surface area contributed by atoms with Crippen LogP contribution in [-0.4, -0.2) is 17.0 Å². The molecule has 80 valence electrons. The summed E-state index contributed by atoms with van der Waals surface area (Å²) < 4.78 is 25.2. The summed E-state index contributed by atoms with van der Waals surface area (Å²) in [4.78, 5) is 10.1. The lowest BCUT2D eigenvalue weighted by Gasteiger charge is -2.04. The van der Waals surface area contributed by atoms with E-state index in [2.05, 4.69) is 0 Å². The van der Waals surface area contributed by atoms with Gasteiger partial charge in [0.2, 0.25) is 0 Å². The molecule has 0 spiro atoms. The highest BCUT2D eigenvalue weighted by Gasteiger charge is 2.35. The summed E-state index contributed by atoms with van der Waals surface area (Å²) in [7, 11) is 0. The maximum atomic E-state index is 12.6. The number of halogens is 3. The average molecular weight is 233 g/mol. The molecular formula is C10H7ClF2O2. The molecule has 0 saturated carbocycles. The van der Waals surface area contributed by atoms with Gasteiger partial charge in [-0.25, -0.2) is 4.79 Å². The molecular weight excluding hydrogens is 226 g/mol. The van der Waals surface area contributed by atoms with Crippen LogP contribution in [-0.2, 0) is 4.79 Å². The zero-order valence-corrected chi connectivity index (χ0v) is 8.21. The molecule has 5 heteroatoms. The molecule has 0 aliphatic carbocycles. The van der Waals surface area contributed by atoms with E-state index in [4.69, 9.17) is 16.7 Å². The van der Waals surface area contributed by atoms with E-state index in [1.807, 2.05) is 0 Å². The predicted octanol–water partition coefficient (Wildman–Crippen LogP) is 3.07. The predicted molar refractivity (Wildman–Crippen MR) is 53.1 cm³/mol. The first-order chi connectivity index (χ1) is 6.92. The Morgan fingerprint density at radius 3 is 2.67 bits per heavy atom. The number of carboxylic acid groups (broad SMARTS) is 1. The van der Waals surface area contributed by atoms with Gasteiger partial charge in [-0.1, -0.05) is 29.8 Å². The highest BCUT2D eigenvalue weighted by molar-refractivity contribution is 6.30. The van der Waals surface area contributed by atoms with E-state index < -0.39 is 11.9 Å². The first-order valence-corrected chi connectivity index (χ1v) is 4.35. The Bertz CT molecular complexity index is 402. The Labute approximate surface area is 89.8 Å². The van der Waals surface area contributed by atoms with Crippen LogP contribution in [0.1, 0.15) is 5.56 Å². The number of carbonyl (C=O) groups is 1. The zero-order valence-electron chi connectivity index (χ0n) is 7.45. The van der Waals surface area contributed by atoms with Crippen LogP contribution in [0.25, 0.3) is 6.08 Å². The summed E-state index contributed by atoms with van der Waals surface area (Å²) in [5.74, 6) is -6.04. The van der Waals surface area contributed by atoms with Gasteiger partial charge in [-0.2, -0.15) is 8.78 Å². The monoisotopic (exact) mass is 232 g/mol. The molecule has 2 nitrogen and oxygen atoms in total. The molecule has 0 bridgehead atoms. The molecule has 0 aliphatic heterocycles. The van der Waals surface area contributed by atoms with E-state index >= 15 is 0 Å². The zero-order chi connectivity index (χ0) is 11.5. The van der Waals surface area contributed by atoms with Crippen LogP contribution >= 0.6 is 11.6 Å². The molecule has 1 N–H and O–H groups in total. The number of alkyl halides is 2. The maximum Gasteiger partial charge on any atom is 0.378 e. The third-order valence-corrected chi connectivity index (χ3v) is 1.85. The summed E-state index contributed by atoms with van der Waals surface area (Å²) in [6.07, 6.45) is 1.33. The van der Waals surface area contributed by atoms with Gasteiger partial charge in [-0.3, -0.25) is 0 Å². The molecule has 1 aromatic carbocycles. The molecule has 0 aromatic heterocycles. The van der Waals surface area contributed by atoms with Crippen molar-refractivity contribution in [3.05, 3.63) is 40.9 Å². The number of carboxylic acids is 1. The normalized spacial score (nSPS) is 11.9. The first-order valence-electron chi connectivity index (χ1n) is 3.98. The molecule has 1 rings (SSSR count). The lowest BCUT2D eigenvalue weighted by molar-refractivity contribution is -0.157. The van der Waals surface area contributed by atoms with Crippen LogP contribution in [0.15, 0.2) is 30.3 Å². The molecule has 1 aromatic rings. The van der Waals surface area contributed by atoms with Crippen molar-refractivity contribution in [2.75, 3.05) is 0 Å². The van der Waals surface area contributed by atoms with Crippen molar-refractivity contribution in [2.45, 2.75) is 5.92 Å². The highest BCUT2D eigenvalue weighted by atomic mass is 35.5. The van der Waals surface area contributed by atoms with Crippen LogP contribution in [0.4, 0.5) is 8.78 Å². The number of hydrogen-bond donors (Lipinski definition) is 1. The fourth-order valence-corrected chi connectivity index (χ4v) is 1.08. The molecule has 0 radical (unpaired) electrons. The lowest BCUT2D eigenvalue weighted by Crippen LogP contribution is -2.24. The van der Waals surface area contributed by atoms with Crippen molar-refractivity contribution in [1.29, 1.82) is 0 Å². The van der Waals surface area contributed by atoms with E-state index in [9.17, 15) is 13.6 Å². The van der Waals surface area contributed by atoms with Gasteiger partial charge in [0, 0.05) is 5.02 Å². The lowest BCUT2D eigenvalue weighted by atomic mass is 10.2. The summed E-state index contributed by atoms with van der Waals surface area (Å²) in [5, 5.41) is 8.55. The van der Waals surface area contributed by atoms with Crippen LogP contribution in [0.2, 0.25) is 5.02 Å². The Hall–Kier alpha value is -1.42. The topological polar surface area (TPSA) is 37.3 Å². The van der Waals surface area contributed by atoms with Crippen LogP contribution in [0.3, 0.4) is 0 Å². The number of benzene rings is 1. The highest BCUT2D eigenvalue weighted by Crippen LogP contribution is 2.18. The molecule has 0 aliphatic rings. The van der Waals surface area contributed by atoms with Crippen molar-refractivity contribution in [3.8, 4) is 0 Å². The van der Waals surface area contributed by atoms with E-state index in [0.717, 1.165) is 6.08 Å². The second kappa shape index (κ2) is 4.40. The maximum absolute atomic E-state index is 12.6. The molecule has 0 saturated heterocycles. The molecule has 15 heavy (non-hydrogen) atoms. The van der Waals surface area contributed by atoms with Gasteiger partial charge in [-0.05, 0) is 23.8 Å². The van der Waals surface area contributed by atoms with Crippen molar-refractivity contribution in [2.24, 2.45) is 0 Å². The van der Waals surface area contributed by atoms with E-state index in [-0.39, 0.29) is 0 Å². The van der Waals surface area contributed by atoms with E-state index in [0.29, 0.717) is 16.7 Å². The minimum Gasteiger partial charge on any atom is -0.477 e. The van der Waals surface area contributed by atoms with Gasteiger partial charge in [-0.15, -0.1) is 0 Å². The number of rotatable bonds is 3. The molecule has 0 amide bonds. The summed E-state index contributed by atoms with van der Waals surface area (Å²) in [6.45, 7) is 0. The molecule has 0 heterocycles. The van der Waals surface area contributed by atoms with Gasteiger partial charge in [0.1, 0.15) is 0 Å².